The maximum Gasteiger partial charge on any atom is 0.307 e. The van der Waals surface area contributed by atoms with Gasteiger partial charge in [-0.1, -0.05) is 115 Å². The molecule has 0 aliphatic carbocycles. The van der Waals surface area contributed by atoms with Gasteiger partial charge in [-0.2, -0.15) is 4.98 Å². The lowest BCUT2D eigenvalue weighted by atomic mass is 10.0. The molecule has 0 unspecified atom stereocenters. The summed E-state index contributed by atoms with van der Waals surface area (Å²) in [6.07, 6.45) is 0. The first-order chi connectivity index (χ1) is 27.2. The number of para-hydroxylation sites is 3. The highest BCUT2D eigenvalue weighted by atomic mass is 32.1. The van der Waals surface area contributed by atoms with E-state index in [0.29, 0.717) is 23.5 Å². The zero-order chi connectivity index (χ0) is 36.3. The second-order valence-electron chi connectivity index (χ2n) is 13.4. The number of hydrogen-bond donors (Lipinski definition) is 0. The molecule has 0 spiro atoms. The van der Waals surface area contributed by atoms with Crippen LogP contribution in [0.25, 0.3) is 105 Å². The van der Waals surface area contributed by atoms with Crippen LogP contribution < -0.4 is 0 Å². The Morgan fingerprint density at radius 1 is 0.400 bits per heavy atom. The molecule has 11 rings (SSSR count). The summed E-state index contributed by atoms with van der Waals surface area (Å²) >= 11 is 1.67. The zero-order valence-electron chi connectivity index (χ0n) is 29.2. The van der Waals surface area contributed by atoms with Crippen LogP contribution >= 0.6 is 11.3 Å². The monoisotopic (exact) mass is 724 g/mol. The van der Waals surface area contributed by atoms with Gasteiger partial charge in [-0.3, -0.25) is 4.57 Å². The third-order valence-corrected chi connectivity index (χ3v) is 11.0. The molecule has 8 heteroatoms. The molecule has 0 atom stereocenters. The van der Waals surface area contributed by atoms with E-state index < -0.39 is 0 Å². The minimum Gasteiger partial charge on any atom is -0.423 e. The van der Waals surface area contributed by atoms with Gasteiger partial charge >= 0.3 is 6.01 Å². The SMILES string of the molecule is c1ccc(-c2nc(-c3ccccc3)nc(-c3ccc4nc(-c5cccc(-c6ccc7c(c6)c6ccccc6n7-c6nc7ccccc7o6)c5)sc4c3)n2)cc1. The van der Waals surface area contributed by atoms with Gasteiger partial charge < -0.3 is 4.42 Å². The molecule has 0 aliphatic heterocycles. The Balaban J connectivity index is 0.966. The Kier molecular flexibility index (Phi) is 7.21. The molecule has 0 aliphatic rings. The lowest BCUT2D eigenvalue weighted by molar-refractivity contribution is 0.574. The summed E-state index contributed by atoms with van der Waals surface area (Å²) < 4.78 is 9.43. The largest absolute Gasteiger partial charge is 0.423 e. The van der Waals surface area contributed by atoms with Gasteiger partial charge in [0.25, 0.3) is 0 Å². The van der Waals surface area contributed by atoms with E-state index in [1.54, 1.807) is 11.3 Å². The smallest absolute Gasteiger partial charge is 0.307 e. The molecule has 7 nitrogen and oxygen atoms in total. The summed E-state index contributed by atoms with van der Waals surface area (Å²) in [5.74, 6) is 1.90. The van der Waals surface area contributed by atoms with Gasteiger partial charge in [0.2, 0.25) is 0 Å². The summed E-state index contributed by atoms with van der Waals surface area (Å²) in [5, 5.41) is 3.23. The molecule has 0 saturated carbocycles. The Morgan fingerprint density at radius 2 is 1.02 bits per heavy atom. The van der Waals surface area contributed by atoms with Gasteiger partial charge in [0.05, 0.1) is 21.3 Å². The lowest BCUT2D eigenvalue weighted by Crippen LogP contribution is -1.99. The van der Waals surface area contributed by atoms with E-state index in [1.165, 1.54) is 0 Å². The number of thiazole rings is 1. The van der Waals surface area contributed by atoms with Crippen molar-refractivity contribution >= 4 is 54.5 Å². The molecule has 7 aromatic carbocycles. The van der Waals surface area contributed by atoms with Crippen LogP contribution in [0.5, 0.6) is 0 Å². The Hall–Kier alpha value is -7.29. The van der Waals surface area contributed by atoms with E-state index in [-0.39, 0.29) is 0 Å². The second kappa shape index (κ2) is 12.7. The average Bonchev–Trinajstić information content (AvgIpc) is 3.97. The van der Waals surface area contributed by atoms with Crippen LogP contribution in [0.1, 0.15) is 0 Å². The number of hydrogen-bond acceptors (Lipinski definition) is 7. The number of nitrogens with zero attached hydrogens (tertiary/aromatic N) is 6. The van der Waals surface area contributed by atoms with Crippen LogP contribution in [0.15, 0.2) is 174 Å². The van der Waals surface area contributed by atoms with E-state index in [1.807, 2.05) is 91.0 Å². The number of aromatic nitrogens is 6. The Labute approximate surface area is 318 Å². The highest BCUT2D eigenvalue weighted by Gasteiger charge is 2.18. The maximum absolute atomic E-state index is 6.25. The van der Waals surface area contributed by atoms with Crippen molar-refractivity contribution in [3.63, 3.8) is 0 Å². The van der Waals surface area contributed by atoms with E-state index >= 15 is 0 Å². The van der Waals surface area contributed by atoms with E-state index in [2.05, 4.69) is 83.4 Å². The van der Waals surface area contributed by atoms with Crippen LogP contribution in [0.4, 0.5) is 0 Å². The zero-order valence-corrected chi connectivity index (χ0v) is 30.0. The molecule has 4 aromatic heterocycles. The van der Waals surface area contributed by atoms with Gasteiger partial charge in [0, 0.05) is 33.0 Å². The van der Waals surface area contributed by atoms with Crippen LogP contribution in [-0.2, 0) is 0 Å². The highest BCUT2D eigenvalue weighted by Crippen LogP contribution is 2.38. The molecular weight excluding hydrogens is 697 g/mol. The first kappa shape index (κ1) is 31.3. The van der Waals surface area contributed by atoms with Gasteiger partial charge in [0.1, 0.15) is 10.5 Å². The molecule has 4 heterocycles. The fourth-order valence-corrected chi connectivity index (χ4v) is 8.27. The Morgan fingerprint density at radius 3 is 1.80 bits per heavy atom. The van der Waals surface area contributed by atoms with E-state index in [4.69, 9.17) is 29.3 Å². The third-order valence-electron chi connectivity index (χ3n) is 9.94. The fourth-order valence-electron chi connectivity index (χ4n) is 7.27. The predicted octanol–water partition coefficient (Wildman–Crippen LogP) is 12.1. The number of oxazole rings is 1. The van der Waals surface area contributed by atoms with Crippen molar-refractivity contribution in [2.24, 2.45) is 0 Å². The van der Waals surface area contributed by atoms with E-state index in [9.17, 15) is 0 Å². The van der Waals surface area contributed by atoms with Crippen LogP contribution in [-0.4, -0.2) is 29.5 Å². The quantitative estimate of drug-likeness (QED) is 0.170. The molecule has 0 bridgehead atoms. The summed E-state index contributed by atoms with van der Waals surface area (Å²) in [6.45, 7) is 0. The summed E-state index contributed by atoms with van der Waals surface area (Å²) in [5.41, 5.74) is 10.7. The van der Waals surface area contributed by atoms with Gasteiger partial charge in [0.15, 0.2) is 23.1 Å². The first-order valence-corrected chi connectivity index (χ1v) is 18.8. The molecule has 0 amide bonds. The van der Waals surface area contributed by atoms with Crippen LogP contribution in [0.2, 0.25) is 0 Å². The summed E-state index contributed by atoms with van der Waals surface area (Å²) in [7, 11) is 0. The first-order valence-electron chi connectivity index (χ1n) is 18.0. The van der Waals surface area contributed by atoms with Crippen molar-refractivity contribution in [3.05, 3.63) is 170 Å². The molecule has 0 fully saturated rings. The standard InChI is InChI=1S/C47H28N6OS/c1-3-12-29(13-4-1)43-50-44(30-14-5-2-6-15-30)52-45(51-43)33-22-24-38-42(28-33)55-46(48-38)34-17-11-16-31(26-34)32-23-25-40-36(27-32)35-18-7-9-20-39(35)53(40)47-49-37-19-8-10-21-41(37)54-47/h1-28H. The number of benzene rings is 7. The van der Waals surface area contributed by atoms with Crippen molar-refractivity contribution in [2.45, 2.75) is 0 Å². The van der Waals surface area contributed by atoms with Crippen LogP contribution in [0.3, 0.4) is 0 Å². The molecule has 258 valence electrons. The molecule has 0 saturated heterocycles. The molecule has 0 N–H and O–H groups in total. The molecular formula is C47H28N6OS. The van der Waals surface area contributed by atoms with E-state index in [0.717, 1.165) is 81.5 Å². The third kappa shape index (κ3) is 5.47. The van der Waals surface area contributed by atoms with Gasteiger partial charge in [-0.25, -0.2) is 19.9 Å². The minimum absolute atomic E-state index is 0.560. The molecule has 11 aromatic rings. The normalized spacial score (nSPS) is 11.6. The lowest BCUT2D eigenvalue weighted by Gasteiger charge is -2.08. The Bertz CT molecular complexity index is 3130. The summed E-state index contributed by atoms with van der Waals surface area (Å²) in [6, 6.07) is 58.4. The number of rotatable bonds is 6. The van der Waals surface area contributed by atoms with Crippen molar-refractivity contribution in [3.8, 4) is 61.9 Å². The minimum atomic E-state index is 0.560. The molecule has 55 heavy (non-hydrogen) atoms. The second-order valence-corrected chi connectivity index (χ2v) is 14.4. The summed E-state index contributed by atoms with van der Waals surface area (Å²) in [4.78, 5) is 24.6. The molecule has 0 radical (unpaired) electrons. The van der Waals surface area contributed by atoms with Gasteiger partial charge in [-0.05, 0) is 65.7 Å². The van der Waals surface area contributed by atoms with Gasteiger partial charge in [-0.15, -0.1) is 11.3 Å². The fraction of sp³-hybridized carbons (Fsp3) is 0. The van der Waals surface area contributed by atoms with Crippen LogP contribution in [0, 0.1) is 0 Å². The van der Waals surface area contributed by atoms with Crippen molar-refractivity contribution in [2.75, 3.05) is 0 Å². The average molecular weight is 725 g/mol. The maximum atomic E-state index is 6.25. The predicted molar refractivity (Wildman–Crippen MR) is 222 cm³/mol. The highest BCUT2D eigenvalue weighted by molar-refractivity contribution is 7.21. The van der Waals surface area contributed by atoms with Crippen molar-refractivity contribution in [1.29, 1.82) is 0 Å². The van der Waals surface area contributed by atoms with Crippen molar-refractivity contribution in [1.82, 2.24) is 29.5 Å². The topological polar surface area (TPSA) is 82.5 Å². The number of fused-ring (bicyclic) bond motifs is 5. The van der Waals surface area contributed by atoms with Crippen molar-refractivity contribution < 1.29 is 4.42 Å².